The fraction of sp³-hybridized carbons (Fsp3) is 0.318. The van der Waals surface area contributed by atoms with Crippen molar-refractivity contribution in [3.8, 4) is 17.6 Å². The summed E-state index contributed by atoms with van der Waals surface area (Å²) in [4.78, 5) is 26.5. The number of nitriles is 1. The number of carbonyl (C=O) groups is 2. The lowest BCUT2D eigenvalue weighted by molar-refractivity contribution is -0.121. The molecule has 152 valence electrons. The smallest absolute Gasteiger partial charge is 0.338 e. The molecule has 0 fully saturated rings. The number of ether oxygens (including phenoxy) is 3. The Balaban J connectivity index is 2.08. The first kappa shape index (κ1) is 21.8. The summed E-state index contributed by atoms with van der Waals surface area (Å²) in [7, 11) is 1.51. The van der Waals surface area contributed by atoms with E-state index in [2.05, 4.69) is 0 Å². The quantitative estimate of drug-likeness (QED) is 0.603. The van der Waals surface area contributed by atoms with E-state index in [-0.39, 0.29) is 18.5 Å². The summed E-state index contributed by atoms with van der Waals surface area (Å²) in [6.07, 6.45) is 0.170. The maximum absolute atomic E-state index is 12.6. The second-order valence-corrected chi connectivity index (χ2v) is 6.16. The molecule has 29 heavy (non-hydrogen) atoms. The van der Waals surface area contributed by atoms with Crippen LogP contribution in [-0.4, -0.2) is 38.7 Å². The van der Waals surface area contributed by atoms with E-state index in [1.54, 1.807) is 24.3 Å². The molecule has 0 spiro atoms. The number of nitrogens with zero attached hydrogens (tertiary/aromatic N) is 2. The van der Waals surface area contributed by atoms with Crippen LogP contribution in [0, 0.1) is 18.3 Å². The van der Waals surface area contributed by atoms with Crippen molar-refractivity contribution in [2.75, 3.05) is 31.8 Å². The van der Waals surface area contributed by atoms with E-state index in [1.165, 1.54) is 18.1 Å². The van der Waals surface area contributed by atoms with Gasteiger partial charge in [0.1, 0.15) is 0 Å². The zero-order valence-electron chi connectivity index (χ0n) is 16.8. The van der Waals surface area contributed by atoms with Crippen molar-refractivity contribution in [3.63, 3.8) is 0 Å². The van der Waals surface area contributed by atoms with Gasteiger partial charge in [-0.1, -0.05) is 17.7 Å². The molecular formula is C22H24N2O5. The SMILES string of the molecule is CCOc1cc(C(=O)OCC(=O)N(CCC#N)c2ccc(C)cc2)ccc1OC. The highest BCUT2D eigenvalue weighted by Gasteiger charge is 2.19. The number of anilines is 1. The minimum atomic E-state index is -0.647. The van der Waals surface area contributed by atoms with E-state index in [0.717, 1.165) is 5.56 Å². The molecule has 2 aromatic rings. The summed E-state index contributed by atoms with van der Waals surface area (Å²) in [5.41, 5.74) is 1.95. The van der Waals surface area contributed by atoms with Crippen LogP contribution in [0.15, 0.2) is 42.5 Å². The van der Waals surface area contributed by atoms with Gasteiger partial charge in [-0.3, -0.25) is 4.79 Å². The molecule has 2 rings (SSSR count). The van der Waals surface area contributed by atoms with Crippen LogP contribution >= 0.6 is 0 Å². The number of benzene rings is 2. The molecule has 0 atom stereocenters. The van der Waals surface area contributed by atoms with Gasteiger partial charge < -0.3 is 19.1 Å². The zero-order valence-corrected chi connectivity index (χ0v) is 16.8. The molecule has 1 amide bonds. The average molecular weight is 396 g/mol. The summed E-state index contributed by atoms with van der Waals surface area (Å²) >= 11 is 0. The summed E-state index contributed by atoms with van der Waals surface area (Å²) in [6.45, 7) is 3.96. The largest absolute Gasteiger partial charge is 0.493 e. The third kappa shape index (κ3) is 5.98. The van der Waals surface area contributed by atoms with Crippen molar-refractivity contribution in [2.24, 2.45) is 0 Å². The van der Waals surface area contributed by atoms with E-state index in [4.69, 9.17) is 19.5 Å². The Morgan fingerprint density at radius 3 is 2.45 bits per heavy atom. The van der Waals surface area contributed by atoms with Crippen LogP contribution in [0.3, 0.4) is 0 Å². The third-order valence-electron chi connectivity index (χ3n) is 4.12. The van der Waals surface area contributed by atoms with Crippen LogP contribution in [0.1, 0.15) is 29.3 Å². The Labute approximate surface area is 170 Å². The normalized spacial score (nSPS) is 10.0. The highest BCUT2D eigenvalue weighted by atomic mass is 16.5. The number of rotatable bonds is 9. The predicted octanol–water partition coefficient (Wildman–Crippen LogP) is 3.51. The predicted molar refractivity (Wildman–Crippen MR) is 108 cm³/mol. The molecule has 0 saturated heterocycles. The molecule has 0 aliphatic heterocycles. The summed E-state index contributed by atoms with van der Waals surface area (Å²) in [6, 6.07) is 14.0. The minimum absolute atomic E-state index is 0.170. The molecule has 7 nitrogen and oxygen atoms in total. The van der Waals surface area contributed by atoms with Gasteiger partial charge in [0.2, 0.25) is 0 Å². The van der Waals surface area contributed by atoms with E-state index in [1.807, 2.05) is 32.0 Å². The third-order valence-corrected chi connectivity index (χ3v) is 4.12. The average Bonchev–Trinajstić information content (AvgIpc) is 2.73. The van der Waals surface area contributed by atoms with Crippen molar-refractivity contribution < 1.29 is 23.8 Å². The van der Waals surface area contributed by atoms with Crippen LogP contribution in [-0.2, 0) is 9.53 Å². The number of esters is 1. The standard InChI is InChI=1S/C22H24N2O5/c1-4-28-20-14-17(8-11-19(20)27-3)22(26)29-15-21(25)24(13-5-12-23)18-9-6-16(2)7-10-18/h6-11,14H,4-5,13,15H2,1-3H3. The van der Waals surface area contributed by atoms with Crippen LogP contribution in [0.2, 0.25) is 0 Å². The van der Waals surface area contributed by atoms with E-state index in [0.29, 0.717) is 23.8 Å². The van der Waals surface area contributed by atoms with Crippen LogP contribution in [0.5, 0.6) is 11.5 Å². The molecule has 0 N–H and O–H groups in total. The molecule has 7 heteroatoms. The maximum atomic E-state index is 12.6. The number of hydrogen-bond acceptors (Lipinski definition) is 6. The van der Waals surface area contributed by atoms with Gasteiger partial charge in [-0.25, -0.2) is 4.79 Å². The van der Waals surface area contributed by atoms with Crippen LogP contribution in [0.25, 0.3) is 0 Å². The first-order valence-electron chi connectivity index (χ1n) is 9.22. The molecule has 0 saturated carbocycles. The fourth-order valence-electron chi connectivity index (χ4n) is 2.64. The first-order valence-corrected chi connectivity index (χ1v) is 9.22. The number of aryl methyl sites for hydroxylation is 1. The van der Waals surface area contributed by atoms with E-state index in [9.17, 15) is 9.59 Å². The van der Waals surface area contributed by atoms with Crippen molar-refractivity contribution in [1.29, 1.82) is 5.26 Å². The van der Waals surface area contributed by atoms with Crippen molar-refractivity contribution >= 4 is 17.6 Å². The molecule has 0 radical (unpaired) electrons. The molecule has 0 bridgehead atoms. The number of carbonyl (C=O) groups excluding carboxylic acids is 2. The second kappa shape index (κ2) is 10.7. The van der Waals surface area contributed by atoms with E-state index < -0.39 is 18.5 Å². The Kier molecular flexibility index (Phi) is 8.04. The van der Waals surface area contributed by atoms with Crippen molar-refractivity contribution in [2.45, 2.75) is 20.3 Å². The minimum Gasteiger partial charge on any atom is -0.493 e. The van der Waals surface area contributed by atoms with Gasteiger partial charge in [-0.05, 0) is 44.2 Å². The lowest BCUT2D eigenvalue weighted by atomic mass is 10.2. The topological polar surface area (TPSA) is 88.9 Å². The van der Waals surface area contributed by atoms with Gasteiger partial charge in [-0.15, -0.1) is 0 Å². The Hall–Kier alpha value is -3.53. The molecule has 0 heterocycles. The summed E-state index contributed by atoms with van der Waals surface area (Å²) in [5, 5.41) is 8.87. The van der Waals surface area contributed by atoms with Gasteiger partial charge >= 0.3 is 5.97 Å². The highest BCUT2D eigenvalue weighted by molar-refractivity contribution is 5.97. The Bertz CT molecular complexity index is 887. The monoisotopic (exact) mass is 396 g/mol. The van der Waals surface area contributed by atoms with E-state index >= 15 is 0 Å². The Morgan fingerprint density at radius 2 is 1.83 bits per heavy atom. The van der Waals surface area contributed by atoms with Crippen molar-refractivity contribution in [3.05, 3.63) is 53.6 Å². The maximum Gasteiger partial charge on any atom is 0.338 e. The lowest BCUT2D eigenvalue weighted by Gasteiger charge is -2.22. The number of amides is 1. The Morgan fingerprint density at radius 1 is 1.10 bits per heavy atom. The van der Waals surface area contributed by atoms with Gasteiger partial charge in [0.05, 0.1) is 31.8 Å². The number of hydrogen-bond donors (Lipinski definition) is 0. The summed E-state index contributed by atoms with van der Waals surface area (Å²) < 4.78 is 15.8. The zero-order chi connectivity index (χ0) is 21.2. The molecule has 0 aromatic heterocycles. The lowest BCUT2D eigenvalue weighted by Crippen LogP contribution is -2.35. The molecule has 0 aliphatic rings. The fourth-order valence-corrected chi connectivity index (χ4v) is 2.64. The highest BCUT2D eigenvalue weighted by Crippen LogP contribution is 2.28. The van der Waals surface area contributed by atoms with Crippen LogP contribution < -0.4 is 14.4 Å². The molecule has 0 aliphatic carbocycles. The van der Waals surface area contributed by atoms with Crippen LogP contribution in [0.4, 0.5) is 5.69 Å². The van der Waals surface area contributed by atoms with Gasteiger partial charge in [0.25, 0.3) is 5.91 Å². The van der Waals surface area contributed by atoms with Crippen molar-refractivity contribution in [1.82, 2.24) is 0 Å². The molecule has 2 aromatic carbocycles. The summed E-state index contributed by atoms with van der Waals surface area (Å²) in [5.74, 6) is -0.130. The second-order valence-electron chi connectivity index (χ2n) is 6.16. The van der Waals surface area contributed by atoms with Gasteiger partial charge in [-0.2, -0.15) is 5.26 Å². The number of methoxy groups -OCH3 is 1. The molecular weight excluding hydrogens is 372 g/mol. The van der Waals surface area contributed by atoms with Gasteiger partial charge in [0.15, 0.2) is 18.1 Å². The first-order chi connectivity index (χ1) is 14.0. The molecule has 0 unspecified atom stereocenters. The van der Waals surface area contributed by atoms with Gasteiger partial charge in [0, 0.05) is 12.2 Å².